The molecule has 4 aromatic heterocycles. The van der Waals surface area contributed by atoms with E-state index in [2.05, 4.69) is 66.9 Å². The van der Waals surface area contributed by atoms with Gasteiger partial charge in [0.1, 0.15) is 11.9 Å². The first-order chi connectivity index (χ1) is 17.9. The van der Waals surface area contributed by atoms with E-state index in [0.29, 0.717) is 0 Å². The molecule has 0 aliphatic carbocycles. The molecule has 6 rings (SSSR count). The highest BCUT2D eigenvalue weighted by Gasteiger charge is 2.22. The van der Waals surface area contributed by atoms with Crippen LogP contribution in [0.4, 0.5) is 5.69 Å². The number of fused-ring (bicyclic) bond motifs is 2. The summed E-state index contributed by atoms with van der Waals surface area (Å²) in [7, 11) is 0. The Kier molecular flexibility index (Phi) is 5.50. The van der Waals surface area contributed by atoms with Gasteiger partial charge in [0.2, 0.25) is 0 Å². The molecule has 6 aromatic rings. The quantitative estimate of drug-likeness (QED) is 0.204. The van der Waals surface area contributed by atoms with Gasteiger partial charge in [-0.05, 0) is 59.2 Å². The first-order valence-electron chi connectivity index (χ1n) is 12.3. The first kappa shape index (κ1) is 22.9. The van der Waals surface area contributed by atoms with E-state index in [1.807, 2.05) is 63.6 Å². The number of anilines is 1. The highest BCUT2D eigenvalue weighted by Crippen LogP contribution is 2.35. The van der Waals surface area contributed by atoms with Crippen molar-refractivity contribution in [1.29, 1.82) is 0 Å². The van der Waals surface area contributed by atoms with Crippen LogP contribution in [0.3, 0.4) is 0 Å². The van der Waals surface area contributed by atoms with Gasteiger partial charge in [0.25, 0.3) is 0 Å². The molecule has 37 heavy (non-hydrogen) atoms. The predicted molar refractivity (Wildman–Crippen MR) is 149 cm³/mol. The van der Waals surface area contributed by atoms with Crippen LogP contribution in [-0.4, -0.2) is 36.5 Å². The molecule has 0 spiro atoms. The van der Waals surface area contributed by atoms with Crippen LogP contribution < -0.4 is 5.32 Å². The fourth-order valence-corrected chi connectivity index (χ4v) is 4.52. The van der Waals surface area contributed by atoms with Gasteiger partial charge >= 0.3 is 0 Å². The summed E-state index contributed by atoms with van der Waals surface area (Å²) in [5, 5.41) is 23.6. The summed E-state index contributed by atoms with van der Waals surface area (Å²) < 4.78 is 0. The fraction of sp³-hybridized carbons (Fsp3) is 0.167. The third-order valence-electron chi connectivity index (χ3n) is 6.67. The van der Waals surface area contributed by atoms with Crippen molar-refractivity contribution in [2.24, 2.45) is 5.41 Å². The Morgan fingerprint density at radius 1 is 0.811 bits per heavy atom. The van der Waals surface area contributed by atoms with E-state index in [4.69, 9.17) is 0 Å². The van der Waals surface area contributed by atoms with E-state index in [1.165, 1.54) is 0 Å². The topological polar surface area (TPSA) is 103 Å². The summed E-state index contributed by atoms with van der Waals surface area (Å²) in [4.78, 5) is 12.1. The highest BCUT2D eigenvalue weighted by molar-refractivity contribution is 6.01. The molecule has 0 amide bonds. The molecule has 0 bridgehead atoms. The number of aromatic nitrogens is 5. The van der Waals surface area contributed by atoms with Crippen molar-refractivity contribution in [2.75, 3.05) is 5.32 Å². The van der Waals surface area contributed by atoms with Gasteiger partial charge in [-0.15, -0.1) is 0 Å². The van der Waals surface area contributed by atoms with E-state index in [-0.39, 0.29) is 5.41 Å². The second-order valence-corrected chi connectivity index (χ2v) is 10.4. The molecule has 4 N–H and O–H groups in total. The molecule has 0 saturated heterocycles. The molecule has 0 aliphatic heterocycles. The summed E-state index contributed by atoms with van der Waals surface area (Å²) >= 11 is 0. The number of nitrogens with one attached hydrogen (secondary N) is 3. The van der Waals surface area contributed by atoms with Crippen molar-refractivity contribution < 1.29 is 5.11 Å². The van der Waals surface area contributed by atoms with Gasteiger partial charge in [-0.25, -0.2) is 0 Å². The van der Waals surface area contributed by atoms with Crippen molar-refractivity contribution >= 4 is 27.5 Å². The SMILES string of the molecule is CC(C)(C)C(O)Nc1cncc(-c2ccc3[nH]nc(-c4cc5c(-c6ccncc6)cccc5[nH]4)c3c2)c1. The fourth-order valence-electron chi connectivity index (χ4n) is 4.52. The molecule has 1 unspecified atom stereocenters. The zero-order chi connectivity index (χ0) is 25.6. The van der Waals surface area contributed by atoms with Crippen molar-refractivity contribution in [3.63, 3.8) is 0 Å². The summed E-state index contributed by atoms with van der Waals surface area (Å²) in [5.41, 5.74) is 8.54. The monoisotopic (exact) mass is 488 g/mol. The van der Waals surface area contributed by atoms with E-state index in [0.717, 1.165) is 61.1 Å². The zero-order valence-electron chi connectivity index (χ0n) is 20.9. The van der Waals surface area contributed by atoms with E-state index in [9.17, 15) is 5.11 Å². The molecule has 0 aliphatic rings. The standard InChI is InChI=1S/C30H28N6O/c1-30(2,3)29(37)33-21-13-20(16-32-17-21)19-7-8-26-24(14-19)28(36-35-26)27-15-23-22(5-4-6-25(23)34-27)18-9-11-31-12-10-18/h4-17,29,33-34,37H,1-3H3,(H,35,36). The minimum atomic E-state index is -0.688. The van der Waals surface area contributed by atoms with Crippen molar-refractivity contribution in [3.05, 3.63) is 85.5 Å². The Labute approximate surface area is 214 Å². The van der Waals surface area contributed by atoms with Crippen LogP contribution in [0.5, 0.6) is 0 Å². The first-order valence-corrected chi connectivity index (χ1v) is 12.3. The lowest BCUT2D eigenvalue weighted by atomic mass is 9.94. The van der Waals surface area contributed by atoms with Gasteiger partial charge < -0.3 is 15.4 Å². The predicted octanol–water partition coefficient (Wildman–Crippen LogP) is 6.61. The molecule has 2 aromatic carbocycles. The number of nitrogens with zero attached hydrogens (tertiary/aromatic N) is 3. The number of hydrogen-bond acceptors (Lipinski definition) is 5. The molecule has 0 saturated carbocycles. The lowest BCUT2D eigenvalue weighted by Gasteiger charge is -2.27. The number of aliphatic hydroxyl groups is 1. The number of hydrogen-bond donors (Lipinski definition) is 4. The third-order valence-corrected chi connectivity index (χ3v) is 6.67. The van der Waals surface area contributed by atoms with Gasteiger partial charge in [-0.3, -0.25) is 15.1 Å². The third kappa shape index (κ3) is 4.34. The van der Waals surface area contributed by atoms with Crippen LogP contribution in [0.25, 0.3) is 55.4 Å². The normalized spacial score (nSPS) is 12.8. The molecule has 7 nitrogen and oxygen atoms in total. The van der Waals surface area contributed by atoms with Crippen molar-refractivity contribution in [2.45, 2.75) is 27.0 Å². The second-order valence-electron chi connectivity index (χ2n) is 10.4. The van der Waals surface area contributed by atoms with Crippen LogP contribution in [0.2, 0.25) is 0 Å². The largest absolute Gasteiger partial charge is 0.373 e. The second kappa shape index (κ2) is 8.87. The van der Waals surface area contributed by atoms with Gasteiger partial charge in [0, 0.05) is 45.9 Å². The summed E-state index contributed by atoms with van der Waals surface area (Å²) in [6.45, 7) is 5.96. The maximum atomic E-state index is 10.5. The Morgan fingerprint density at radius 2 is 1.65 bits per heavy atom. The lowest BCUT2D eigenvalue weighted by Crippen LogP contribution is -2.33. The number of rotatable bonds is 5. The molecular formula is C30H28N6O. The maximum Gasteiger partial charge on any atom is 0.129 e. The highest BCUT2D eigenvalue weighted by atomic mass is 16.3. The minimum Gasteiger partial charge on any atom is -0.373 e. The number of H-pyrrole nitrogens is 2. The molecule has 184 valence electrons. The smallest absolute Gasteiger partial charge is 0.129 e. The molecule has 4 heterocycles. The van der Waals surface area contributed by atoms with Crippen LogP contribution in [0.15, 0.2) is 85.5 Å². The summed E-state index contributed by atoms with van der Waals surface area (Å²) in [6, 6.07) is 20.7. The van der Waals surface area contributed by atoms with E-state index < -0.39 is 6.23 Å². The molecule has 0 radical (unpaired) electrons. The average molecular weight is 489 g/mol. The number of pyridine rings is 2. The van der Waals surface area contributed by atoms with Crippen molar-refractivity contribution in [3.8, 4) is 33.6 Å². The number of aromatic amines is 2. The van der Waals surface area contributed by atoms with E-state index in [1.54, 1.807) is 6.20 Å². The Balaban J connectivity index is 1.40. The van der Waals surface area contributed by atoms with Gasteiger partial charge in [-0.1, -0.05) is 39.0 Å². The lowest BCUT2D eigenvalue weighted by molar-refractivity contribution is 0.0880. The zero-order valence-corrected chi connectivity index (χ0v) is 20.9. The molecule has 0 fully saturated rings. The molecule has 7 heteroatoms. The number of benzene rings is 2. The van der Waals surface area contributed by atoms with Gasteiger partial charge in [0.15, 0.2) is 0 Å². The van der Waals surface area contributed by atoms with E-state index >= 15 is 0 Å². The molecule has 1 atom stereocenters. The maximum absolute atomic E-state index is 10.5. The number of aliphatic hydroxyl groups excluding tert-OH is 1. The Morgan fingerprint density at radius 3 is 2.46 bits per heavy atom. The van der Waals surface area contributed by atoms with Crippen LogP contribution in [0.1, 0.15) is 20.8 Å². The average Bonchev–Trinajstić information content (AvgIpc) is 3.52. The van der Waals surface area contributed by atoms with Crippen LogP contribution in [0, 0.1) is 5.41 Å². The van der Waals surface area contributed by atoms with Gasteiger partial charge in [0.05, 0.1) is 23.1 Å². The minimum absolute atomic E-state index is 0.294. The Hall–Kier alpha value is -4.49. The summed E-state index contributed by atoms with van der Waals surface area (Å²) in [6.07, 6.45) is 6.50. The van der Waals surface area contributed by atoms with Gasteiger partial charge in [-0.2, -0.15) is 5.10 Å². The molecular weight excluding hydrogens is 460 g/mol. The summed E-state index contributed by atoms with van der Waals surface area (Å²) in [5.74, 6) is 0. The Bertz CT molecular complexity index is 1710. The van der Waals surface area contributed by atoms with Crippen LogP contribution in [-0.2, 0) is 0 Å². The van der Waals surface area contributed by atoms with Crippen molar-refractivity contribution in [1.82, 2.24) is 25.1 Å². The van der Waals surface area contributed by atoms with Crippen LogP contribution >= 0.6 is 0 Å².